The lowest BCUT2D eigenvalue weighted by Gasteiger charge is -2.23. The summed E-state index contributed by atoms with van der Waals surface area (Å²) in [5, 5.41) is 5.17. The van der Waals surface area contributed by atoms with Crippen LogP contribution in [0.15, 0.2) is 17.5 Å². The number of hydrogen-bond donors (Lipinski definition) is 1. The number of rotatable bonds is 8. The molecule has 1 aliphatic carbocycles. The van der Waals surface area contributed by atoms with Crippen molar-refractivity contribution in [3.63, 3.8) is 0 Å². The van der Waals surface area contributed by atoms with Crippen LogP contribution in [0.3, 0.4) is 0 Å². The fraction of sp³-hybridized carbons (Fsp3) is 0.688. The van der Waals surface area contributed by atoms with Crippen LogP contribution in [-0.2, 0) is 4.79 Å². The molecule has 0 radical (unpaired) electrons. The molecule has 4 heteroatoms. The van der Waals surface area contributed by atoms with E-state index in [4.69, 9.17) is 0 Å². The Kier molecular flexibility index (Phi) is 5.61. The molecule has 2 rings (SSSR count). The zero-order chi connectivity index (χ0) is 14.5. The van der Waals surface area contributed by atoms with E-state index in [0.29, 0.717) is 18.5 Å². The molecule has 112 valence electrons. The number of thiophene rings is 1. The Morgan fingerprint density at radius 1 is 1.45 bits per heavy atom. The predicted octanol–water partition coefficient (Wildman–Crippen LogP) is 3.44. The summed E-state index contributed by atoms with van der Waals surface area (Å²) in [6.07, 6.45) is 3.68. The molecule has 0 aromatic carbocycles. The second-order valence-electron chi connectivity index (χ2n) is 6.19. The van der Waals surface area contributed by atoms with Crippen molar-refractivity contribution in [3.05, 3.63) is 22.4 Å². The summed E-state index contributed by atoms with van der Waals surface area (Å²) in [5.74, 6) is 0.853. The van der Waals surface area contributed by atoms with Gasteiger partial charge in [-0.05, 0) is 50.1 Å². The molecule has 0 bridgehead atoms. The molecule has 1 aromatic heterocycles. The number of nitrogens with zero attached hydrogens (tertiary/aromatic N) is 1. The van der Waals surface area contributed by atoms with Gasteiger partial charge in [0, 0.05) is 10.9 Å². The standard InChI is InChI=1S/C16H26N2OS/c1-12(2)8-9-18(14-6-7-14)11-16(19)17-13(3)15-5-4-10-20-15/h4-5,10,12-14H,6-9,11H2,1-3H3,(H,17,19). The van der Waals surface area contributed by atoms with Crippen LogP contribution in [0.2, 0.25) is 0 Å². The minimum absolute atomic E-state index is 0.119. The van der Waals surface area contributed by atoms with Gasteiger partial charge in [-0.3, -0.25) is 9.69 Å². The van der Waals surface area contributed by atoms with Crippen LogP contribution in [-0.4, -0.2) is 29.9 Å². The van der Waals surface area contributed by atoms with E-state index in [1.807, 2.05) is 6.07 Å². The predicted molar refractivity (Wildman–Crippen MR) is 84.9 cm³/mol. The third kappa shape index (κ3) is 4.91. The molecular weight excluding hydrogens is 268 g/mol. The van der Waals surface area contributed by atoms with Crippen LogP contribution >= 0.6 is 11.3 Å². The molecule has 1 aliphatic rings. The van der Waals surface area contributed by atoms with E-state index in [-0.39, 0.29) is 11.9 Å². The van der Waals surface area contributed by atoms with E-state index in [2.05, 4.69) is 42.4 Å². The fourth-order valence-corrected chi connectivity index (χ4v) is 3.07. The zero-order valence-corrected chi connectivity index (χ0v) is 13.6. The minimum atomic E-state index is 0.119. The normalized spacial score (nSPS) is 16.6. The van der Waals surface area contributed by atoms with Crippen molar-refractivity contribution in [2.24, 2.45) is 5.92 Å². The summed E-state index contributed by atoms with van der Waals surface area (Å²) in [7, 11) is 0. The molecule has 0 saturated heterocycles. The molecule has 1 amide bonds. The van der Waals surface area contributed by atoms with Gasteiger partial charge >= 0.3 is 0 Å². The molecular formula is C16H26N2OS. The van der Waals surface area contributed by atoms with E-state index in [1.54, 1.807) is 11.3 Å². The SMILES string of the molecule is CC(C)CCN(CC(=O)NC(C)c1cccs1)C1CC1. The summed E-state index contributed by atoms with van der Waals surface area (Å²) in [5.41, 5.74) is 0. The van der Waals surface area contributed by atoms with E-state index in [0.717, 1.165) is 6.54 Å². The maximum absolute atomic E-state index is 12.2. The molecule has 3 nitrogen and oxygen atoms in total. The third-order valence-electron chi connectivity index (χ3n) is 3.75. The van der Waals surface area contributed by atoms with Crippen molar-refractivity contribution >= 4 is 17.2 Å². The first kappa shape index (κ1) is 15.5. The van der Waals surface area contributed by atoms with Crippen LogP contribution < -0.4 is 5.32 Å². The first-order valence-corrected chi connectivity index (χ1v) is 8.51. The number of carbonyl (C=O) groups excluding carboxylic acids is 1. The lowest BCUT2D eigenvalue weighted by Crippen LogP contribution is -2.40. The average Bonchev–Trinajstić information content (AvgIpc) is 3.08. The Hall–Kier alpha value is -0.870. The average molecular weight is 294 g/mol. The maximum Gasteiger partial charge on any atom is 0.234 e. The highest BCUT2D eigenvalue weighted by molar-refractivity contribution is 7.10. The van der Waals surface area contributed by atoms with Gasteiger partial charge < -0.3 is 5.32 Å². The van der Waals surface area contributed by atoms with Crippen molar-refractivity contribution in [3.8, 4) is 0 Å². The van der Waals surface area contributed by atoms with Crippen LogP contribution in [0.4, 0.5) is 0 Å². The third-order valence-corrected chi connectivity index (χ3v) is 4.81. The molecule has 1 heterocycles. The molecule has 1 N–H and O–H groups in total. The van der Waals surface area contributed by atoms with E-state index in [1.165, 1.54) is 24.1 Å². The lowest BCUT2D eigenvalue weighted by molar-refractivity contribution is -0.123. The summed E-state index contributed by atoms with van der Waals surface area (Å²) in [6, 6.07) is 4.87. The van der Waals surface area contributed by atoms with Gasteiger partial charge in [0.2, 0.25) is 5.91 Å². The van der Waals surface area contributed by atoms with Crippen LogP contribution in [0.25, 0.3) is 0 Å². The van der Waals surface area contributed by atoms with E-state index < -0.39 is 0 Å². The Labute approximate surface area is 126 Å². The summed E-state index contributed by atoms with van der Waals surface area (Å²) >= 11 is 1.70. The molecule has 1 saturated carbocycles. The quantitative estimate of drug-likeness (QED) is 0.796. The van der Waals surface area contributed by atoms with Gasteiger partial charge in [0.1, 0.15) is 0 Å². The van der Waals surface area contributed by atoms with Crippen LogP contribution in [0, 0.1) is 5.92 Å². The minimum Gasteiger partial charge on any atom is -0.348 e. The molecule has 0 spiro atoms. The second-order valence-corrected chi connectivity index (χ2v) is 7.17. The second kappa shape index (κ2) is 7.23. The highest BCUT2D eigenvalue weighted by Crippen LogP contribution is 2.27. The summed E-state index contributed by atoms with van der Waals surface area (Å²) in [6.45, 7) is 8.13. The van der Waals surface area contributed by atoms with Gasteiger partial charge in [-0.15, -0.1) is 11.3 Å². The van der Waals surface area contributed by atoms with Gasteiger partial charge in [0.15, 0.2) is 0 Å². The fourth-order valence-electron chi connectivity index (χ4n) is 2.33. The van der Waals surface area contributed by atoms with Crippen LogP contribution in [0.1, 0.15) is 51.0 Å². The van der Waals surface area contributed by atoms with Crippen molar-refractivity contribution < 1.29 is 4.79 Å². The van der Waals surface area contributed by atoms with Gasteiger partial charge in [0.25, 0.3) is 0 Å². The first-order chi connectivity index (χ1) is 9.56. The Balaban J connectivity index is 1.79. The number of hydrogen-bond acceptors (Lipinski definition) is 3. The molecule has 1 aromatic rings. The monoisotopic (exact) mass is 294 g/mol. The summed E-state index contributed by atoms with van der Waals surface area (Å²) < 4.78 is 0. The topological polar surface area (TPSA) is 32.3 Å². The highest BCUT2D eigenvalue weighted by atomic mass is 32.1. The van der Waals surface area contributed by atoms with Crippen molar-refractivity contribution in [2.75, 3.05) is 13.1 Å². The molecule has 1 fully saturated rings. The van der Waals surface area contributed by atoms with Gasteiger partial charge in [0.05, 0.1) is 12.6 Å². The van der Waals surface area contributed by atoms with E-state index in [9.17, 15) is 4.79 Å². The van der Waals surface area contributed by atoms with Gasteiger partial charge in [-0.25, -0.2) is 0 Å². The van der Waals surface area contributed by atoms with Crippen molar-refractivity contribution in [2.45, 2.75) is 52.1 Å². The molecule has 0 aliphatic heterocycles. The first-order valence-electron chi connectivity index (χ1n) is 7.63. The highest BCUT2D eigenvalue weighted by Gasteiger charge is 2.30. The Bertz CT molecular complexity index is 412. The number of amides is 1. The molecule has 1 unspecified atom stereocenters. The summed E-state index contributed by atoms with van der Waals surface area (Å²) in [4.78, 5) is 15.8. The Morgan fingerprint density at radius 2 is 2.20 bits per heavy atom. The maximum atomic E-state index is 12.2. The zero-order valence-electron chi connectivity index (χ0n) is 12.8. The molecule has 1 atom stereocenters. The van der Waals surface area contributed by atoms with E-state index >= 15 is 0 Å². The molecule has 20 heavy (non-hydrogen) atoms. The lowest BCUT2D eigenvalue weighted by atomic mass is 10.1. The largest absolute Gasteiger partial charge is 0.348 e. The van der Waals surface area contributed by atoms with Gasteiger partial charge in [-0.1, -0.05) is 19.9 Å². The number of carbonyl (C=O) groups is 1. The number of nitrogens with one attached hydrogen (secondary N) is 1. The van der Waals surface area contributed by atoms with Gasteiger partial charge in [-0.2, -0.15) is 0 Å². The van der Waals surface area contributed by atoms with Crippen LogP contribution in [0.5, 0.6) is 0 Å². The van der Waals surface area contributed by atoms with Crippen molar-refractivity contribution in [1.82, 2.24) is 10.2 Å². The Morgan fingerprint density at radius 3 is 2.75 bits per heavy atom. The van der Waals surface area contributed by atoms with Crippen molar-refractivity contribution in [1.29, 1.82) is 0 Å². The smallest absolute Gasteiger partial charge is 0.234 e.